The van der Waals surface area contributed by atoms with Gasteiger partial charge in [-0.05, 0) is 68.6 Å². The third-order valence-electron chi connectivity index (χ3n) is 10.3. The number of likely N-dealkylation sites (tertiary alicyclic amines) is 1. The van der Waals surface area contributed by atoms with Gasteiger partial charge in [0.2, 0.25) is 11.8 Å². The van der Waals surface area contributed by atoms with Crippen LogP contribution in [0.25, 0.3) is 0 Å². The second-order valence-electron chi connectivity index (χ2n) is 13.2. The predicted molar refractivity (Wildman–Crippen MR) is 156 cm³/mol. The lowest BCUT2D eigenvalue weighted by Gasteiger charge is -2.46. The Morgan fingerprint density at radius 2 is 2.00 bits per heavy atom. The Bertz CT molecular complexity index is 1520. The molecular formula is C31H38ClF2N5O6. The number of halogens is 3. The lowest BCUT2D eigenvalue weighted by molar-refractivity contribution is -0.168. The number of carbonyl (C=O) groups is 3. The van der Waals surface area contributed by atoms with Crippen molar-refractivity contribution in [3.8, 4) is 5.75 Å². The molecule has 14 heteroatoms. The van der Waals surface area contributed by atoms with Crippen LogP contribution in [0.4, 0.5) is 8.78 Å². The largest absolute Gasteiger partial charge is 0.487 e. The van der Waals surface area contributed by atoms with Crippen LogP contribution in [0, 0.1) is 16.7 Å². The Balaban J connectivity index is 1.39. The number of aliphatic hydroxyl groups excluding tert-OH is 1. The highest BCUT2D eigenvalue weighted by Crippen LogP contribution is 2.54. The maximum absolute atomic E-state index is 14.6. The molecule has 3 fully saturated rings. The molecule has 45 heavy (non-hydrogen) atoms. The van der Waals surface area contributed by atoms with Crippen molar-refractivity contribution in [1.29, 1.82) is 0 Å². The van der Waals surface area contributed by atoms with Gasteiger partial charge in [0.1, 0.15) is 23.7 Å². The average Bonchev–Trinajstić information content (AvgIpc) is 3.54. The molecule has 1 saturated heterocycles. The molecule has 2 saturated carbocycles. The lowest BCUT2D eigenvalue weighted by atomic mass is 9.65. The van der Waals surface area contributed by atoms with Crippen molar-refractivity contribution in [1.82, 2.24) is 24.8 Å². The Morgan fingerprint density at radius 1 is 1.24 bits per heavy atom. The van der Waals surface area contributed by atoms with E-state index in [1.165, 1.54) is 14.2 Å². The highest BCUT2D eigenvalue weighted by molar-refractivity contribution is 6.31. The average molecular weight is 650 g/mol. The van der Waals surface area contributed by atoms with Gasteiger partial charge in [-0.15, -0.1) is 5.10 Å². The Hall–Kier alpha value is -3.32. The summed E-state index contributed by atoms with van der Waals surface area (Å²) in [6.45, 7) is 2.41. The van der Waals surface area contributed by atoms with Gasteiger partial charge in [0.05, 0.1) is 30.6 Å². The zero-order valence-corrected chi connectivity index (χ0v) is 26.4. The molecule has 1 aromatic carbocycles. The molecular weight excluding hydrogens is 612 g/mol. The van der Waals surface area contributed by atoms with Gasteiger partial charge in [0, 0.05) is 43.7 Å². The summed E-state index contributed by atoms with van der Waals surface area (Å²) in [5, 5.41) is 18.7. The molecule has 4 aliphatic rings. The van der Waals surface area contributed by atoms with E-state index in [1.54, 1.807) is 28.9 Å². The van der Waals surface area contributed by atoms with E-state index in [1.807, 2.05) is 0 Å². The molecule has 1 aromatic heterocycles. The summed E-state index contributed by atoms with van der Waals surface area (Å²) >= 11 is 6.71. The molecule has 0 bridgehead atoms. The monoisotopic (exact) mass is 649 g/mol. The summed E-state index contributed by atoms with van der Waals surface area (Å²) < 4.78 is 39.8. The number of benzene rings is 1. The predicted octanol–water partition coefficient (Wildman–Crippen LogP) is 3.76. The number of hydrogen-bond acceptors (Lipinski definition) is 8. The van der Waals surface area contributed by atoms with Crippen molar-refractivity contribution in [2.24, 2.45) is 23.8 Å². The van der Waals surface area contributed by atoms with Crippen molar-refractivity contribution < 1.29 is 37.7 Å². The van der Waals surface area contributed by atoms with Gasteiger partial charge in [-0.2, -0.15) is 0 Å². The molecule has 244 valence electrons. The molecule has 0 radical (unpaired) electrons. The van der Waals surface area contributed by atoms with E-state index in [-0.39, 0.29) is 61.2 Å². The first kappa shape index (κ1) is 31.7. The van der Waals surface area contributed by atoms with Gasteiger partial charge in [-0.25, -0.2) is 13.5 Å². The van der Waals surface area contributed by atoms with Crippen LogP contribution in [-0.2, 0) is 39.2 Å². The molecule has 1 spiro atoms. The number of esters is 1. The zero-order valence-electron chi connectivity index (χ0n) is 25.6. The quantitative estimate of drug-likeness (QED) is 0.429. The van der Waals surface area contributed by atoms with Crippen LogP contribution in [0.5, 0.6) is 5.75 Å². The number of nitrogens with zero attached hydrogens (tertiary/aromatic N) is 5. The fourth-order valence-electron chi connectivity index (χ4n) is 7.49. The summed E-state index contributed by atoms with van der Waals surface area (Å²) in [6, 6.07) is 2.60. The molecule has 1 N–H and O–H groups in total. The molecule has 6 rings (SSSR count). The minimum atomic E-state index is -2.81. The SMILES string of the molecule is COC(=O)[C@@]1(C)CC[C@@H](O)C[C@H]1C(=O)N1CCc2c(Cl)ccc(OCc3nnn(C)c3C(F)F)c2[C@H]1CN1CC2(CC2)CC1=O. The highest BCUT2D eigenvalue weighted by Gasteiger charge is 2.54. The second kappa shape index (κ2) is 11.8. The van der Waals surface area contributed by atoms with Gasteiger partial charge in [-0.1, -0.05) is 16.8 Å². The molecule has 2 aliphatic heterocycles. The number of hydrogen-bond donors (Lipinski definition) is 1. The van der Waals surface area contributed by atoms with Crippen molar-refractivity contribution >= 4 is 29.4 Å². The van der Waals surface area contributed by atoms with Gasteiger partial charge < -0.3 is 24.4 Å². The van der Waals surface area contributed by atoms with Crippen LogP contribution in [-0.4, -0.2) is 80.5 Å². The summed E-state index contributed by atoms with van der Waals surface area (Å²) in [7, 11) is 2.67. The molecule has 4 atom stereocenters. The number of rotatable bonds is 8. The number of amides is 2. The number of ether oxygens (including phenoxy) is 2. The fraction of sp³-hybridized carbons (Fsp3) is 0.645. The van der Waals surface area contributed by atoms with Crippen LogP contribution in [0.2, 0.25) is 5.02 Å². The number of fused-ring (bicyclic) bond motifs is 1. The van der Waals surface area contributed by atoms with E-state index in [2.05, 4.69) is 10.3 Å². The van der Waals surface area contributed by atoms with Gasteiger partial charge in [0.25, 0.3) is 6.43 Å². The first-order valence-electron chi connectivity index (χ1n) is 15.3. The Labute approximate surface area is 264 Å². The van der Waals surface area contributed by atoms with Crippen molar-refractivity contribution in [3.63, 3.8) is 0 Å². The summed E-state index contributed by atoms with van der Waals surface area (Å²) in [5.41, 5.74) is -0.226. The van der Waals surface area contributed by atoms with Crippen LogP contribution >= 0.6 is 11.6 Å². The normalized spacial score (nSPS) is 27.2. The lowest BCUT2D eigenvalue weighted by Crippen LogP contribution is -2.54. The Kier molecular flexibility index (Phi) is 8.30. The fourth-order valence-corrected chi connectivity index (χ4v) is 7.75. The number of carbonyl (C=O) groups excluding carboxylic acids is 3. The third kappa shape index (κ3) is 5.66. The minimum absolute atomic E-state index is 0.00476. The highest BCUT2D eigenvalue weighted by atomic mass is 35.5. The van der Waals surface area contributed by atoms with E-state index in [4.69, 9.17) is 21.1 Å². The summed E-state index contributed by atoms with van der Waals surface area (Å²) in [6.07, 6.45) is -0.0640. The number of aryl methyl sites for hydroxylation is 1. The van der Waals surface area contributed by atoms with E-state index in [9.17, 15) is 28.3 Å². The maximum Gasteiger partial charge on any atom is 0.312 e. The van der Waals surface area contributed by atoms with Crippen molar-refractivity contribution in [2.75, 3.05) is 26.7 Å². The van der Waals surface area contributed by atoms with E-state index in [0.29, 0.717) is 42.1 Å². The second-order valence-corrected chi connectivity index (χ2v) is 13.6. The van der Waals surface area contributed by atoms with Gasteiger partial charge in [-0.3, -0.25) is 14.4 Å². The molecule has 3 heterocycles. The molecule has 11 nitrogen and oxygen atoms in total. The van der Waals surface area contributed by atoms with Crippen LogP contribution in [0.3, 0.4) is 0 Å². The van der Waals surface area contributed by atoms with Crippen molar-refractivity contribution in [2.45, 2.75) is 77.0 Å². The van der Waals surface area contributed by atoms with E-state index >= 15 is 0 Å². The number of alkyl halides is 2. The topological polar surface area (TPSA) is 127 Å². The van der Waals surface area contributed by atoms with Crippen LogP contribution < -0.4 is 4.74 Å². The number of methoxy groups -OCH3 is 1. The van der Waals surface area contributed by atoms with Gasteiger partial charge >= 0.3 is 5.97 Å². The number of aliphatic hydroxyl groups is 1. The first-order valence-corrected chi connectivity index (χ1v) is 15.7. The maximum atomic E-state index is 14.6. The van der Waals surface area contributed by atoms with Crippen LogP contribution in [0.15, 0.2) is 12.1 Å². The number of aromatic nitrogens is 3. The summed E-state index contributed by atoms with van der Waals surface area (Å²) in [4.78, 5) is 44.3. The van der Waals surface area contributed by atoms with Gasteiger partial charge in [0.15, 0.2) is 0 Å². The smallest absolute Gasteiger partial charge is 0.312 e. The first-order chi connectivity index (χ1) is 21.4. The van der Waals surface area contributed by atoms with E-state index < -0.39 is 35.9 Å². The zero-order chi connectivity index (χ0) is 32.3. The van der Waals surface area contributed by atoms with E-state index in [0.717, 1.165) is 23.1 Å². The third-order valence-corrected chi connectivity index (χ3v) is 10.7. The summed E-state index contributed by atoms with van der Waals surface area (Å²) in [5.74, 6) is -1.37. The Morgan fingerprint density at radius 3 is 2.67 bits per heavy atom. The molecule has 2 amide bonds. The van der Waals surface area contributed by atoms with Crippen molar-refractivity contribution in [3.05, 3.63) is 39.7 Å². The molecule has 2 aliphatic carbocycles. The molecule has 2 aromatic rings. The molecule has 0 unspecified atom stereocenters. The van der Waals surface area contributed by atoms with Crippen LogP contribution in [0.1, 0.15) is 80.4 Å². The minimum Gasteiger partial charge on any atom is -0.487 e. The standard InChI is InChI=1S/C31H38ClF2N5O6/c1-30(29(43)44-3)8-6-17(40)12-19(30)28(42)39-11-7-18-20(32)4-5-23(45-15-21-26(27(33)34)37(2)36-35-21)25(18)22(39)14-38-16-31(9-10-31)13-24(38)41/h4-5,17,19,22,27,40H,6-16H2,1-3H3/t17-,19+,22-,30+/m1/s1.